The van der Waals surface area contributed by atoms with Crippen LogP contribution in [0.3, 0.4) is 0 Å². The van der Waals surface area contributed by atoms with Crippen LogP contribution in [0.2, 0.25) is 0 Å². The van der Waals surface area contributed by atoms with E-state index in [9.17, 15) is 4.39 Å². The Bertz CT molecular complexity index is 702. The van der Waals surface area contributed by atoms with Crippen molar-refractivity contribution < 1.29 is 4.39 Å². The number of pyridine rings is 1. The fourth-order valence-corrected chi connectivity index (χ4v) is 2.36. The summed E-state index contributed by atoms with van der Waals surface area (Å²) in [5.41, 5.74) is 2.78. The summed E-state index contributed by atoms with van der Waals surface area (Å²) in [5, 5.41) is 3.41. The van der Waals surface area contributed by atoms with E-state index < -0.39 is 0 Å². The largest absolute Gasteiger partial charge is 0.341 e. The molecule has 2 unspecified atom stereocenters. The predicted octanol–water partition coefficient (Wildman–Crippen LogP) is 3.51. The second-order valence-corrected chi connectivity index (χ2v) is 5.15. The van der Waals surface area contributed by atoms with Gasteiger partial charge in [-0.05, 0) is 38.1 Å². The van der Waals surface area contributed by atoms with E-state index in [1.54, 1.807) is 6.07 Å². The smallest absolute Gasteiger partial charge is 0.141 e. The van der Waals surface area contributed by atoms with Gasteiger partial charge in [-0.1, -0.05) is 12.1 Å². The highest BCUT2D eigenvalue weighted by Gasteiger charge is 2.15. The number of H-pyrrole nitrogens is 1. The van der Waals surface area contributed by atoms with Crippen LogP contribution in [0.1, 0.15) is 37.4 Å². The maximum Gasteiger partial charge on any atom is 0.141 e. The molecular weight excluding hydrogens is 267 g/mol. The molecule has 3 aromatic rings. The molecule has 0 saturated heterocycles. The summed E-state index contributed by atoms with van der Waals surface area (Å²) < 4.78 is 12.9. The minimum absolute atomic E-state index is 0.00816. The summed E-state index contributed by atoms with van der Waals surface area (Å²) in [5.74, 6) is 0.557. The van der Waals surface area contributed by atoms with Gasteiger partial charge in [0.15, 0.2) is 0 Å². The van der Waals surface area contributed by atoms with Crippen molar-refractivity contribution in [2.24, 2.45) is 0 Å². The first-order valence-corrected chi connectivity index (χ1v) is 6.95. The van der Waals surface area contributed by atoms with E-state index in [0.717, 1.165) is 22.6 Å². The van der Waals surface area contributed by atoms with Crippen LogP contribution in [0, 0.1) is 5.82 Å². The molecular formula is C16H17FN4. The zero-order valence-electron chi connectivity index (χ0n) is 12.0. The van der Waals surface area contributed by atoms with Crippen molar-refractivity contribution in [1.82, 2.24) is 20.3 Å². The highest BCUT2D eigenvalue weighted by atomic mass is 19.1. The molecule has 0 spiro atoms. The normalized spacial score (nSPS) is 14.2. The fourth-order valence-electron chi connectivity index (χ4n) is 2.36. The second-order valence-electron chi connectivity index (χ2n) is 5.15. The lowest BCUT2D eigenvalue weighted by Gasteiger charge is -2.18. The Morgan fingerprint density at radius 1 is 1.10 bits per heavy atom. The van der Waals surface area contributed by atoms with Gasteiger partial charge in [0.2, 0.25) is 0 Å². The lowest BCUT2D eigenvalue weighted by molar-refractivity contribution is 0.471. The van der Waals surface area contributed by atoms with Crippen LogP contribution < -0.4 is 5.32 Å². The second kappa shape index (κ2) is 5.61. The van der Waals surface area contributed by atoms with Crippen molar-refractivity contribution in [2.45, 2.75) is 25.9 Å². The zero-order valence-corrected chi connectivity index (χ0v) is 12.0. The Hall–Kier alpha value is -2.27. The Morgan fingerprint density at radius 2 is 1.90 bits per heavy atom. The predicted molar refractivity (Wildman–Crippen MR) is 80.3 cm³/mol. The number of hydrogen-bond acceptors (Lipinski definition) is 3. The summed E-state index contributed by atoms with van der Waals surface area (Å²) in [6.07, 6.45) is 1.24. The quantitative estimate of drug-likeness (QED) is 0.771. The molecule has 2 atom stereocenters. The molecule has 21 heavy (non-hydrogen) atoms. The first-order valence-electron chi connectivity index (χ1n) is 6.95. The first kappa shape index (κ1) is 13.7. The summed E-state index contributed by atoms with van der Waals surface area (Å²) >= 11 is 0. The molecule has 5 heteroatoms. The van der Waals surface area contributed by atoms with Crippen molar-refractivity contribution in [3.8, 4) is 0 Å². The number of rotatable bonds is 4. The van der Waals surface area contributed by atoms with Gasteiger partial charge in [0.1, 0.15) is 11.6 Å². The van der Waals surface area contributed by atoms with E-state index in [2.05, 4.69) is 20.3 Å². The molecule has 1 aromatic carbocycles. The first-order chi connectivity index (χ1) is 10.1. The number of fused-ring (bicyclic) bond motifs is 1. The molecule has 0 aliphatic rings. The average Bonchev–Trinajstić information content (AvgIpc) is 2.92. The third-order valence-corrected chi connectivity index (χ3v) is 3.51. The minimum Gasteiger partial charge on any atom is -0.341 e. The number of imidazole rings is 1. The average molecular weight is 284 g/mol. The van der Waals surface area contributed by atoms with Crippen LogP contribution in [0.25, 0.3) is 11.0 Å². The Kier molecular flexibility index (Phi) is 3.66. The van der Waals surface area contributed by atoms with Crippen molar-refractivity contribution in [3.05, 3.63) is 59.9 Å². The van der Waals surface area contributed by atoms with Gasteiger partial charge in [0, 0.05) is 6.04 Å². The van der Waals surface area contributed by atoms with Crippen LogP contribution in [0.4, 0.5) is 4.39 Å². The van der Waals surface area contributed by atoms with Crippen molar-refractivity contribution in [3.63, 3.8) is 0 Å². The molecule has 0 bridgehead atoms. The lowest BCUT2D eigenvalue weighted by Crippen LogP contribution is -2.24. The van der Waals surface area contributed by atoms with Gasteiger partial charge in [-0.2, -0.15) is 0 Å². The van der Waals surface area contributed by atoms with Gasteiger partial charge >= 0.3 is 0 Å². The molecule has 4 nitrogen and oxygen atoms in total. The van der Waals surface area contributed by atoms with Crippen molar-refractivity contribution in [1.29, 1.82) is 0 Å². The fraction of sp³-hybridized carbons (Fsp3) is 0.250. The van der Waals surface area contributed by atoms with Crippen LogP contribution in [0.5, 0.6) is 0 Å². The van der Waals surface area contributed by atoms with E-state index in [-0.39, 0.29) is 17.9 Å². The molecule has 0 aliphatic carbocycles. The minimum atomic E-state index is -0.323. The molecule has 0 radical (unpaired) electrons. The van der Waals surface area contributed by atoms with Gasteiger partial charge in [0.25, 0.3) is 0 Å². The number of nitrogens with one attached hydrogen (secondary N) is 2. The standard InChI is InChI=1S/C16H17FN4/c1-10(13-8-7-12(17)9-18-13)19-11(2)16-20-14-5-3-4-6-15(14)21-16/h3-11,19H,1-2H3,(H,20,21). The summed E-state index contributed by atoms with van der Waals surface area (Å²) in [6.45, 7) is 4.04. The van der Waals surface area contributed by atoms with Crippen LogP contribution in [-0.4, -0.2) is 15.0 Å². The Morgan fingerprint density at radius 3 is 2.62 bits per heavy atom. The molecule has 108 valence electrons. The third kappa shape index (κ3) is 2.92. The van der Waals surface area contributed by atoms with Crippen LogP contribution in [-0.2, 0) is 0 Å². The number of aromatic nitrogens is 3. The maximum absolute atomic E-state index is 12.9. The molecule has 0 fully saturated rings. The number of nitrogens with zero attached hydrogens (tertiary/aromatic N) is 2. The van der Waals surface area contributed by atoms with Gasteiger partial charge in [-0.3, -0.25) is 10.3 Å². The van der Waals surface area contributed by atoms with Crippen molar-refractivity contribution in [2.75, 3.05) is 0 Å². The third-order valence-electron chi connectivity index (χ3n) is 3.51. The monoisotopic (exact) mass is 284 g/mol. The molecule has 2 N–H and O–H groups in total. The highest BCUT2D eigenvalue weighted by molar-refractivity contribution is 5.74. The summed E-state index contributed by atoms with van der Waals surface area (Å²) in [4.78, 5) is 12.0. The van der Waals surface area contributed by atoms with Crippen LogP contribution in [0.15, 0.2) is 42.6 Å². The Labute approximate surface area is 122 Å². The summed E-state index contributed by atoms with van der Waals surface area (Å²) in [7, 11) is 0. The molecule has 2 heterocycles. The lowest BCUT2D eigenvalue weighted by atomic mass is 10.2. The molecule has 0 aliphatic heterocycles. The van der Waals surface area contributed by atoms with Gasteiger partial charge in [-0.25, -0.2) is 9.37 Å². The van der Waals surface area contributed by atoms with Gasteiger partial charge in [0.05, 0.1) is 29.0 Å². The van der Waals surface area contributed by atoms with E-state index in [1.807, 2.05) is 38.1 Å². The Balaban J connectivity index is 1.75. The van der Waals surface area contributed by atoms with Crippen molar-refractivity contribution >= 4 is 11.0 Å². The van der Waals surface area contributed by atoms with Gasteiger partial charge in [-0.15, -0.1) is 0 Å². The SMILES string of the molecule is CC(NC(C)c1nc2ccccc2[nH]1)c1ccc(F)cn1. The van der Waals surface area contributed by atoms with E-state index in [1.165, 1.54) is 12.3 Å². The van der Waals surface area contributed by atoms with E-state index in [0.29, 0.717) is 0 Å². The van der Waals surface area contributed by atoms with E-state index in [4.69, 9.17) is 0 Å². The number of hydrogen-bond donors (Lipinski definition) is 2. The number of halogens is 1. The van der Waals surface area contributed by atoms with E-state index >= 15 is 0 Å². The number of aromatic amines is 1. The van der Waals surface area contributed by atoms with Crippen LogP contribution >= 0.6 is 0 Å². The number of para-hydroxylation sites is 2. The molecule has 2 aromatic heterocycles. The topological polar surface area (TPSA) is 53.6 Å². The zero-order chi connectivity index (χ0) is 14.8. The number of benzene rings is 1. The highest BCUT2D eigenvalue weighted by Crippen LogP contribution is 2.19. The summed E-state index contributed by atoms with van der Waals surface area (Å²) in [6, 6.07) is 11.1. The molecule has 0 saturated carbocycles. The molecule has 3 rings (SSSR count). The van der Waals surface area contributed by atoms with Gasteiger partial charge < -0.3 is 4.98 Å². The molecule has 0 amide bonds. The maximum atomic E-state index is 12.9.